The van der Waals surface area contributed by atoms with Crippen LogP contribution >= 0.6 is 0 Å². The maximum Gasteiger partial charge on any atom is 0.411 e. The highest BCUT2D eigenvalue weighted by Gasteiger charge is 2.13. The number of carbonyl (C=O) groups excluding carboxylic acids is 1. The Kier molecular flexibility index (Phi) is 4.66. The van der Waals surface area contributed by atoms with E-state index in [0.29, 0.717) is 6.61 Å². The summed E-state index contributed by atoms with van der Waals surface area (Å²) in [5, 5.41) is 2.35. The number of hydrogen-bond acceptors (Lipinski definition) is 2. The van der Waals surface area contributed by atoms with Gasteiger partial charge in [-0.3, -0.25) is 5.32 Å². The average molecular weight is 187 g/mol. The summed E-state index contributed by atoms with van der Waals surface area (Å²) < 4.78 is 4.87. The number of ether oxygens (including phenoxy) is 1. The van der Waals surface area contributed by atoms with Crippen LogP contribution in [0.4, 0.5) is 4.79 Å². The van der Waals surface area contributed by atoms with E-state index in [9.17, 15) is 4.79 Å². The lowest BCUT2D eigenvalue weighted by Crippen LogP contribution is -2.25. The van der Waals surface area contributed by atoms with Gasteiger partial charge in [0.2, 0.25) is 0 Å². The maximum absolute atomic E-state index is 10.7. The third-order valence-corrected chi connectivity index (χ3v) is 3.01. The molecular formula is C8H17NO2Si. The smallest absolute Gasteiger partial charge is 0.411 e. The largest absolute Gasteiger partial charge is 0.450 e. The van der Waals surface area contributed by atoms with Crippen LogP contribution in [0.15, 0.2) is 12.8 Å². The van der Waals surface area contributed by atoms with E-state index in [1.165, 1.54) is 6.20 Å². The molecule has 1 N–H and O–H groups in total. The van der Waals surface area contributed by atoms with E-state index < -0.39 is 14.2 Å². The van der Waals surface area contributed by atoms with Crippen LogP contribution in [0.5, 0.6) is 0 Å². The second kappa shape index (κ2) is 4.98. The molecule has 0 aromatic rings. The Morgan fingerprint density at radius 2 is 2.17 bits per heavy atom. The molecule has 0 spiro atoms. The predicted molar refractivity (Wildman–Crippen MR) is 52.8 cm³/mol. The molecule has 0 atom stereocenters. The molecule has 0 aromatic carbocycles. The molecule has 12 heavy (non-hydrogen) atoms. The summed E-state index contributed by atoms with van der Waals surface area (Å²) in [5.41, 5.74) is 0. The lowest BCUT2D eigenvalue weighted by molar-refractivity contribution is 0.156. The Morgan fingerprint density at radius 3 is 2.58 bits per heavy atom. The van der Waals surface area contributed by atoms with Crippen molar-refractivity contribution in [2.75, 3.05) is 6.61 Å². The van der Waals surface area contributed by atoms with Gasteiger partial charge in [-0.05, 0) is 12.2 Å². The SMILES string of the molecule is C=CNC(=O)OCC[Si](C)(C)C. The maximum atomic E-state index is 10.7. The van der Waals surface area contributed by atoms with Crippen molar-refractivity contribution in [3.63, 3.8) is 0 Å². The Hall–Kier alpha value is -0.773. The molecule has 0 aliphatic heterocycles. The van der Waals surface area contributed by atoms with Gasteiger partial charge in [-0.25, -0.2) is 4.79 Å². The first kappa shape index (κ1) is 11.2. The van der Waals surface area contributed by atoms with Crippen LogP contribution in [0.25, 0.3) is 0 Å². The fourth-order valence-electron chi connectivity index (χ4n) is 0.575. The standard InChI is InChI=1S/C8H17NO2Si/c1-5-9-8(10)11-6-7-12(2,3)4/h5H,1,6-7H2,2-4H3,(H,9,10). The minimum atomic E-state index is -1.08. The molecule has 70 valence electrons. The van der Waals surface area contributed by atoms with Crippen molar-refractivity contribution in [2.24, 2.45) is 0 Å². The van der Waals surface area contributed by atoms with Crippen LogP contribution in [0.2, 0.25) is 25.7 Å². The molecular weight excluding hydrogens is 170 g/mol. The van der Waals surface area contributed by atoms with Crippen LogP contribution in [0.1, 0.15) is 0 Å². The summed E-state index contributed by atoms with van der Waals surface area (Å²) in [6.45, 7) is 10.6. The number of hydrogen-bond donors (Lipinski definition) is 1. The molecule has 0 saturated carbocycles. The molecule has 3 nitrogen and oxygen atoms in total. The quantitative estimate of drug-likeness (QED) is 0.685. The minimum Gasteiger partial charge on any atom is -0.450 e. The Labute approximate surface area is 74.8 Å². The van der Waals surface area contributed by atoms with Crippen molar-refractivity contribution < 1.29 is 9.53 Å². The second-order valence-corrected chi connectivity index (χ2v) is 9.42. The Morgan fingerprint density at radius 1 is 1.58 bits per heavy atom. The van der Waals surface area contributed by atoms with Gasteiger partial charge in [-0.15, -0.1) is 0 Å². The van der Waals surface area contributed by atoms with Gasteiger partial charge in [0.25, 0.3) is 0 Å². The van der Waals surface area contributed by atoms with Gasteiger partial charge in [0, 0.05) is 8.07 Å². The highest BCUT2D eigenvalue weighted by atomic mass is 28.3. The van der Waals surface area contributed by atoms with E-state index in [1.54, 1.807) is 0 Å². The van der Waals surface area contributed by atoms with Crippen molar-refractivity contribution in [1.29, 1.82) is 0 Å². The van der Waals surface area contributed by atoms with Gasteiger partial charge in [-0.1, -0.05) is 26.2 Å². The van der Waals surface area contributed by atoms with Crippen LogP contribution in [0, 0.1) is 0 Å². The van der Waals surface area contributed by atoms with Crippen molar-refractivity contribution in [3.05, 3.63) is 12.8 Å². The molecule has 0 unspecified atom stereocenters. The number of alkyl carbamates (subject to hydrolysis) is 1. The molecule has 0 radical (unpaired) electrons. The monoisotopic (exact) mass is 187 g/mol. The summed E-state index contributed by atoms with van der Waals surface area (Å²) in [6, 6.07) is 0.998. The topological polar surface area (TPSA) is 38.3 Å². The van der Waals surface area contributed by atoms with Crippen LogP contribution in [0.3, 0.4) is 0 Å². The summed E-state index contributed by atoms with van der Waals surface area (Å²) in [7, 11) is -1.08. The third-order valence-electron chi connectivity index (χ3n) is 1.31. The van der Waals surface area contributed by atoms with Gasteiger partial charge in [0.1, 0.15) is 0 Å². The second-order valence-electron chi connectivity index (χ2n) is 3.80. The van der Waals surface area contributed by atoms with E-state index in [4.69, 9.17) is 4.74 Å². The normalized spacial score (nSPS) is 10.6. The van der Waals surface area contributed by atoms with E-state index in [-0.39, 0.29) is 0 Å². The van der Waals surface area contributed by atoms with E-state index >= 15 is 0 Å². The zero-order chi connectivity index (χ0) is 9.61. The fraction of sp³-hybridized carbons (Fsp3) is 0.625. The first-order valence-electron chi connectivity index (χ1n) is 4.00. The van der Waals surface area contributed by atoms with Gasteiger partial charge < -0.3 is 4.74 Å². The Bertz CT molecular complexity index is 163. The molecule has 0 heterocycles. The lowest BCUT2D eigenvalue weighted by Gasteiger charge is -2.14. The molecule has 0 saturated heterocycles. The van der Waals surface area contributed by atoms with Crippen LogP contribution in [-0.4, -0.2) is 20.8 Å². The van der Waals surface area contributed by atoms with Crippen LogP contribution < -0.4 is 5.32 Å². The van der Waals surface area contributed by atoms with Gasteiger partial charge >= 0.3 is 6.09 Å². The molecule has 4 heteroatoms. The van der Waals surface area contributed by atoms with Gasteiger partial charge in [0.05, 0.1) is 6.61 Å². The number of nitrogens with one attached hydrogen (secondary N) is 1. The third kappa shape index (κ3) is 7.34. The summed E-state index contributed by atoms with van der Waals surface area (Å²) >= 11 is 0. The molecule has 0 aliphatic carbocycles. The molecule has 0 aromatic heterocycles. The minimum absolute atomic E-state index is 0.414. The molecule has 1 amide bonds. The predicted octanol–water partition coefficient (Wildman–Crippen LogP) is 2.19. The van der Waals surface area contributed by atoms with Crippen molar-refractivity contribution in [1.82, 2.24) is 5.32 Å². The first-order chi connectivity index (χ1) is 5.45. The van der Waals surface area contributed by atoms with E-state index in [1.807, 2.05) is 0 Å². The van der Waals surface area contributed by atoms with Crippen LogP contribution in [-0.2, 0) is 4.74 Å². The van der Waals surface area contributed by atoms with E-state index in [0.717, 1.165) is 6.04 Å². The Balaban J connectivity index is 3.43. The van der Waals surface area contributed by atoms with Crippen molar-refractivity contribution in [2.45, 2.75) is 25.7 Å². The summed E-state index contributed by atoms with van der Waals surface area (Å²) in [4.78, 5) is 10.7. The molecule has 0 rings (SSSR count). The fourth-order valence-corrected chi connectivity index (χ4v) is 1.29. The molecule has 0 fully saturated rings. The van der Waals surface area contributed by atoms with E-state index in [2.05, 4.69) is 31.5 Å². The number of carbonyl (C=O) groups is 1. The first-order valence-corrected chi connectivity index (χ1v) is 7.70. The van der Waals surface area contributed by atoms with Crippen molar-refractivity contribution >= 4 is 14.2 Å². The van der Waals surface area contributed by atoms with Gasteiger partial charge in [0.15, 0.2) is 0 Å². The highest BCUT2D eigenvalue weighted by molar-refractivity contribution is 6.76. The van der Waals surface area contributed by atoms with Crippen molar-refractivity contribution in [3.8, 4) is 0 Å². The number of rotatable bonds is 4. The van der Waals surface area contributed by atoms with Gasteiger partial charge in [-0.2, -0.15) is 0 Å². The zero-order valence-electron chi connectivity index (χ0n) is 8.02. The molecule has 0 bridgehead atoms. The molecule has 0 aliphatic rings. The average Bonchev–Trinajstić information content (AvgIpc) is 1.84. The number of amides is 1. The summed E-state index contributed by atoms with van der Waals surface area (Å²) in [6.07, 6.45) is 0.903. The summed E-state index contributed by atoms with van der Waals surface area (Å²) in [5.74, 6) is 0. The highest BCUT2D eigenvalue weighted by Crippen LogP contribution is 2.07. The lowest BCUT2D eigenvalue weighted by atomic mass is 10.8. The zero-order valence-corrected chi connectivity index (χ0v) is 9.02.